The van der Waals surface area contributed by atoms with E-state index in [9.17, 15) is 4.57 Å². The molecule has 0 spiro atoms. The third-order valence-corrected chi connectivity index (χ3v) is 2.79. The van der Waals surface area contributed by atoms with Crippen molar-refractivity contribution in [2.75, 3.05) is 19.4 Å². The minimum atomic E-state index is -3.28. The summed E-state index contributed by atoms with van der Waals surface area (Å²) in [7, 11) is -3.28. The van der Waals surface area contributed by atoms with E-state index in [-0.39, 0.29) is 25.3 Å². The van der Waals surface area contributed by atoms with Gasteiger partial charge < -0.3 is 14.5 Å². The Morgan fingerprint density at radius 2 is 2.44 bits per heavy atom. The summed E-state index contributed by atoms with van der Waals surface area (Å²) < 4.78 is 15.1. The number of hydrogen-bond acceptors (Lipinski definition) is 3. The third kappa shape index (κ3) is 1.76. The predicted octanol–water partition coefficient (Wildman–Crippen LogP) is -0.189. The van der Waals surface area contributed by atoms with Gasteiger partial charge in [-0.15, -0.1) is 0 Å². The third-order valence-electron chi connectivity index (χ3n) is 1.26. The van der Waals surface area contributed by atoms with Crippen molar-refractivity contribution in [3.8, 4) is 0 Å². The average molecular weight is 152 g/mol. The molecule has 0 aromatic carbocycles. The fourth-order valence-electron chi connectivity index (χ4n) is 0.764. The molecule has 1 heterocycles. The van der Waals surface area contributed by atoms with Gasteiger partial charge in [0.1, 0.15) is 0 Å². The van der Waals surface area contributed by atoms with E-state index in [0.717, 1.165) is 0 Å². The highest BCUT2D eigenvalue weighted by Crippen LogP contribution is 2.49. The van der Waals surface area contributed by atoms with Gasteiger partial charge in [-0.2, -0.15) is 0 Å². The molecule has 1 saturated heterocycles. The Morgan fingerprint density at radius 3 is 2.67 bits per heavy atom. The lowest BCUT2D eigenvalue weighted by Crippen LogP contribution is -2.07. The smallest absolute Gasteiger partial charge is 0.328 e. The second-order valence-electron chi connectivity index (χ2n) is 2.16. The molecule has 2 N–H and O–H groups in total. The molecule has 5 heteroatoms. The monoisotopic (exact) mass is 152 g/mol. The van der Waals surface area contributed by atoms with Gasteiger partial charge in [0.2, 0.25) is 0 Å². The molecule has 1 aliphatic rings. The molecule has 9 heavy (non-hydrogen) atoms. The van der Waals surface area contributed by atoms with Crippen LogP contribution in [-0.2, 0) is 9.09 Å². The highest BCUT2D eigenvalue weighted by atomic mass is 31.2. The van der Waals surface area contributed by atoms with Crippen LogP contribution in [0.25, 0.3) is 0 Å². The van der Waals surface area contributed by atoms with E-state index in [0.29, 0.717) is 0 Å². The quantitative estimate of drug-likeness (QED) is 0.511. The largest absolute Gasteiger partial charge is 0.396 e. The molecule has 0 bridgehead atoms. The van der Waals surface area contributed by atoms with Gasteiger partial charge in [-0.1, -0.05) is 0 Å². The number of aliphatic hydroxyl groups excluding tert-OH is 1. The summed E-state index contributed by atoms with van der Waals surface area (Å²) in [6, 6.07) is 0. The molecule has 0 aromatic rings. The van der Waals surface area contributed by atoms with Crippen molar-refractivity contribution in [3.63, 3.8) is 0 Å². The van der Waals surface area contributed by atoms with Crippen LogP contribution in [0.4, 0.5) is 0 Å². The maximum Gasteiger partial charge on any atom is 0.328 e. The summed E-state index contributed by atoms with van der Waals surface area (Å²) in [6.45, 7) is 0.148. The summed E-state index contributed by atoms with van der Waals surface area (Å²) >= 11 is 0. The number of rotatable bonds is 1. The molecular weight excluding hydrogens is 143 g/mol. The Bertz CT molecular complexity index is 146. The van der Waals surface area contributed by atoms with Crippen molar-refractivity contribution < 1.29 is 19.1 Å². The molecular formula is C4H9O4P. The lowest BCUT2D eigenvalue weighted by Gasteiger charge is -1.97. The molecule has 0 saturated carbocycles. The average Bonchev–Trinajstić information content (AvgIpc) is 2.10. The molecule has 1 aliphatic heterocycles. The Labute approximate surface area is 53.0 Å². The van der Waals surface area contributed by atoms with Gasteiger partial charge in [0.05, 0.1) is 12.8 Å². The number of hydrogen-bond donors (Lipinski definition) is 2. The van der Waals surface area contributed by atoms with Gasteiger partial charge in [-0.05, 0) is 0 Å². The molecule has 2 unspecified atom stereocenters. The lowest BCUT2D eigenvalue weighted by atomic mass is 10.2. The Morgan fingerprint density at radius 1 is 1.78 bits per heavy atom. The molecule has 4 nitrogen and oxygen atoms in total. The first-order valence-corrected chi connectivity index (χ1v) is 4.47. The minimum Gasteiger partial charge on any atom is -0.396 e. The minimum absolute atomic E-state index is 0.0649. The van der Waals surface area contributed by atoms with Crippen LogP contribution in [0.15, 0.2) is 0 Å². The normalized spacial score (nSPS) is 43.6. The Kier molecular flexibility index (Phi) is 1.91. The van der Waals surface area contributed by atoms with Crippen LogP contribution in [0.3, 0.4) is 0 Å². The molecule has 2 atom stereocenters. The zero-order chi connectivity index (χ0) is 6.91. The Hall–Kier alpha value is 0.110. The van der Waals surface area contributed by atoms with E-state index in [1.165, 1.54) is 0 Å². The van der Waals surface area contributed by atoms with Crippen molar-refractivity contribution in [2.24, 2.45) is 5.92 Å². The first kappa shape index (κ1) is 7.22. The molecule has 0 aromatic heterocycles. The summed E-state index contributed by atoms with van der Waals surface area (Å²) in [4.78, 5) is 8.72. The summed E-state index contributed by atoms with van der Waals surface area (Å²) in [5, 5.41) is 8.49. The summed E-state index contributed by atoms with van der Waals surface area (Å²) in [5.74, 6) is -0.138. The highest BCUT2D eigenvalue weighted by molar-refractivity contribution is 7.53. The second kappa shape index (κ2) is 2.39. The molecule has 54 valence electrons. The van der Waals surface area contributed by atoms with Gasteiger partial charge in [0, 0.05) is 12.5 Å². The lowest BCUT2D eigenvalue weighted by molar-refractivity contribution is 0.200. The van der Waals surface area contributed by atoms with Crippen LogP contribution in [0, 0.1) is 5.92 Å². The zero-order valence-electron chi connectivity index (χ0n) is 4.86. The van der Waals surface area contributed by atoms with Gasteiger partial charge in [0.15, 0.2) is 0 Å². The molecule has 1 fully saturated rings. The van der Waals surface area contributed by atoms with E-state index < -0.39 is 7.60 Å². The van der Waals surface area contributed by atoms with Crippen molar-refractivity contribution in [2.45, 2.75) is 0 Å². The van der Waals surface area contributed by atoms with Crippen LogP contribution in [0.5, 0.6) is 0 Å². The van der Waals surface area contributed by atoms with Crippen LogP contribution >= 0.6 is 7.60 Å². The number of aliphatic hydroxyl groups is 1. The van der Waals surface area contributed by atoms with Crippen molar-refractivity contribution >= 4 is 7.60 Å². The second-order valence-corrected chi connectivity index (χ2v) is 4.06. The van der Waals surface area contributed by atoms with Gasteiger partial charge in [-0.3, -0.25) is 4.57 Å². The maximum absolute atomic E-state index is 10.6. The van der Waals surface area contributed by atoms with Crippen LogP contribution in [0.2, 0.25) is 0 Å². The zero-order valence-corrected chi connectivity index (χ0v) is 5.75. The van der Waals surface area contributed by atoms with Crippen LogP contribution in [0.1, 0.15) is 0 Å². The van der Waals surface area contributed by atoms with Gasteiger partial charge in [-0.25, -0.2) is 0 Å². The van der Waals surface area contributed by atoms with Crippen molar-refractivity contribution in [1.82, 2.24) is 0 Å². The standard InChI is InChI=1S/C4H9O4P/c5-1-4-2-8-9(6,7)3-4/h4-5H,1-3H2,(H,6,7). The van der Waals surface area contributed by atoms with E-state index in [1.54, 1.807) is 0 Å². The van der Waals surface area contributed by atoms with Crippen molar-refractivity contribution in [3.05, 3.63) is 0 Å². The Balaban J connectivity index is 2.47. The predicted molar refractivity (Wildman–Crippen MR) is 31.2 cm³/mol. The highest BCUT2D eigenvalue weighted by Gasteiger charge is 2.32. The van der Waals surface area contributed by atoms with Crippen LogP contribution in [-0.4, -0.2) is 29.4 Å². The SMILES string of the molecule is O=P1(O)CC(CO)CO1. The summed E-state index contributed by atoms with van der Waals surface area (Å²) in [5.41, 5.74) is 0. The first-order chi connectivity index (χ1) is 4.14. The van der Waals surface area contributed by atoms with E-state index >= 15 is 0 Å². The van der Waals surface area contributed by atoms with E-state index in [2.05, 4.69) is 4.52 Å². The van der Waals surface area contributed by atoms with Crippen molar-refractivity contribution in [1.29, 1.82) is 0 Å². The maximum atomic E-state index is 10.6. The van der Waals surface area contributed by atoms with E-state index in [4.69, 9.17) is 10.00 Å². The topological polar surface area (TPSA) is 66.8 Å². The van der Waals surface area contributed by atoms with Crippen LogP contribution < -0.4 is 0 Å². The van der Waals surface area contributed by atoms with E-state index in [1.807, 2.05) is 0 Å². The molecule has 0 aliphatic carbocycles. The molecule has 0 amide bonds. The molecule has 0 radical (unpaired) electrons. The first-order valence-electron chi connectivity index (χ1n) is 2.71. The fraction of sp³-hybridized carbons (Fsp3) is 1.00. The molecule has 1 rings (SSSR count). The summed E-state index contributed by atoms with van der Waals surface area (Å²) in [6.07, 6.45) is 0.101. The van der Waals surface area contributed by atoms with Gasteiger partial charge in [0.25, 0.3) is 0 Å². The fourth-order valence-corrected chi connectivity index (χ4v) is 2.19. The van der Waals surface area contributed by atoms with Gasteiger partial charge >= 0.3 is 7.60 Å².